The highest BCUT2D eigenvalue weighted by molar-refractivity contribution is 5.72. The van der Waals surface area contributed by atoms with Crippen LogP contribution in [0.2, 0.25) is 0 Å². The van der Waals surface area contributed by atoms with Crippen molar-refractivity contribution in [1.82, 2.24) is 5.32 Å². The van der Waals surface area contributed by atoms with E-state index in [1.54, 1.807) is 0 Å². The third-order valence-corrected chi connectivity index (χ3v) is 3.18. The van der Waals surface area contributed by atoms with E-state index >= 15 is 0 Å². The van der Waals surface area contributed by atoms with Crippen LogP contribution in [0.25, 0.3) is 0 Å². The van der Waals surface area contributed by atoms with Crippen LogP contribution in [0.3, 0.4) is 0 Å². The van der Waals surface area contributed by atoms with Gasteiger partial charge in [0.1, 0.15) is 0 Å². The lowest BCUT2D eigenvalue weighted by Gasteiger charge is -2.24. The van der Waals surface area contributed by atoms with Crippen LogP contribution in [0.5, 0.6) is 0 Å². The lowest BCUT2D eigenvalue weighted by molar-refractivity contribution is -0.149. The first kappa shape index (κ1) is 11.8. The molecule has 2 aliphatic rings. The summed E-state index contributed by atoms with van der Waals surface area (Å²) in [5.41, 5.74) is 0. The van der Waals surface area contributed by atoms with Crippen molar-refractivity contribution in [2.45, 2.75) is 43.9 Å². The van der Waals surface area contributed by atoms with Gasteiger partial charge in [0.25, 0.3) is 0 Å². The predicted octanol–water partition coefficient (Wildman–Crippen LogP) is 0.387. The second-order valence-corrected chi connectivity index (χ2v) is 4.48. The summed E-state index contributed by atoms with van der Waals surface area (Å²) in [6, 6.07) is 0.404. The first-order chi connectivity index (χ1) is 7.75. The minimum Gasteiger partial charge on any atom is -0.479 e. The molecule has 92 valence electrons. The Morgan fingerprint density at radius 3 is 2.88 bits per heavy atom. The Kier molecular flexibility index (Phi) is 4.15. The van der Waals surface area contributed by atoms with Crippen LogP contribution >= 0.6 is 0 Å². The van der Waals surface area contributed by atoms with Crippen molar-refractivity contribution in [2.24, 2.45) is 0 Å². The van der Waals surface area contributed by atoms with Gasteiger partial charge in [-0.2, -0.15) is 0 Å². The molecule has 0 amide bonds. The Balaban J connectivity index is 1.65. The summed E-state index contributed by atoms with van der Waals surface area (Å²) in [6.45, 7) is 2.35. The number of rotatable bonds is 4. The quantitative estimate of drug-likeness (QED) is 0.729. The fraction of sp³-hybridized carbons (Fsp3) is 0.909. The van der Waals surface area contributed by atoms with Crippen molar-refractivity contribution in [3.8, 4) is 0 Å². The van der Waals surface area contributed by atoms with E-state index in [2.05, 4.69) is 5.32 Å². The van der Waals surface area contributed by atoms with Crippen LogP contribution in [-0.2, 0) is 14.3 Å². The number of carboxylic acid groups (broad SMARTS) is 1. The smallest absolute Gasteiger partial charge is 0.332 e. The number of nitrogens with one attached hydrogen (secondary N) is 1. The summed E-state index contributed by atoms with van der Waals surface area (Å²) >= 11 is 0. The van der Waals surface area contributed by atoms with E-state index in [1.807, 2.05) is 0 Å². The van der Waals surface area contributed by atoms with E-state index < -0.39 is 12.1 Å². The second-order valence-electron chi connectivity index (χ2n) is 4.48. The van der Waals surface area contributed by atoms with Gasteiger partial charge in [-0.15, -0.1) is 0 Å². The molecule has 0 spiro atoms. The fourth-order valence-corrected chi connectivity index (χ4v) is 2.24. The maximum Gasteiger partial charge on any atom is 0.332 e. The van der Waals surface area contributed by atoms with Crippen LogP contribution in [0.4, 0.5) is 0 Å². The summed E-state index contributed by atoms with van der Waals surface area (Å²) in [6.07, 6.45) is 3.13. The Hall–Kier alpha value is -0.650. The number of carboxylic acids is 1. The van der Waals surface area contributed by atoms with Gasteiger partial charge in [0.05, 0.1) is 12.7 Å². The molecule has 16 heavy (non-hydrogen) atoms. The summed E-state index contributed by atoms with van der Waals surface area (Å²) < 4.78 is 10.8. The fourth-order valence-electron chi connectivity index (χ4n) is 2.24. The zero-order valence-corrected chi connectivity index (χ0v) is 9.35. The lowest BCUT2D eigenvalue weighted by atomic mass is 10.1. The molecule has 0 aromatic carbocycles. The SMILES string of the molecule is O=C(O)C1CCC(CNC2CCCOC2)O1. The average molecular weight is 229 g/mol. The Morgan fingerprint density at radius 1 is 1.38 bits per heavy atom. The molecule has 3 unspecified atom stereocenters. The molecule has 2 rings (SSSR count). The van der Waals surface area contributed by atoms with Crippen molar-refractivity contribution in [1.29, 1.82) is 0 Å². The van der Waals surface area contributed by atoms with Crippen molar-refractivity contribution in [3.63, 3.8) is 0 Å². The molecular weight excluding hydrogens is 210 g/mol. The van der Waals surface area contributed by atoms with Gasteiger partial charge < -0.3 is 19.9 Å². The highest BCUT2D eigenvalue weighted by atomic mass is 16.5. The predicted molar refractivity (Wildman–Crippen MR) is 57.4 cm³/mol. The molecule has 0 bridgehead atoms. The number of aliphatic carboxylic acids is 1. The third-order valence-electron chi connectivity index (χ3n) is 3.18. The lowest BCUT2D eigenvalue weighted by Crippen LogP contribution is -2.41. The van der Waals surface area contributed by atoms with Crippen LogP contribution < -0.4 is 5.32 Å². The molecule has 5 nitrogen and oxygen atoms in total. The zero-order valence-electron chi connectivity index (χ0n) is 9.35. The van der Waals surface area contributed by atoms with Gasteiger partial charge in [-0.3, -0.25) is 0 Å². The molecule has 3 atom stereocenters. The van der Waals surface area contributed by atoms with Gasteiger partial charge in [0.15, 0.2) is 6.10 Å². The first-order valence-corrected chi connectivity index (χ1v) is 5.95. The summed E-state index contributed by atoms with van der Waals surface area (Å²) in [4.78, 5) is 10.7. The van der Waals surface area contributed by atoms with Crippen molar-refractivity contribution < 1.29 is 19.4 Å². The molecule has 2 aliphatic heterocycles. The van der Waals surface area contributed by atoms with E-state index in [4.69, 9.17) is 14.6 Å². The van der Waals surface area contributed by atoms with Gasteiger partial charge in [0, 0.05) is 19.2 Å². The van der Waals surface area contributed by atoms with Gasteiger partial charge in [-0.25, -0.2) is 4.79 Å². The molecule has 0 radical (unpaired) electrons. The standard InChI is InChI=1S/C11H19NO4/c13-11(14)10-4-3-9(16-10)6-12-8-2-1-5-15-7-8/h8-10,12H,1-7H2,(H,13,14). The number of hydrogen-bond acceptors (Lipinski definition) is 4. The highest BCUT2D eigenvalue weighted by Crippen LogP contribution is 2.19. The van der Waals surface area contributed by atoms with Crippen LogP contribution in [0, 0.1) is 0 Å². The molecule has 2 fully saturated rings. The maximum absolute atomic E-state index is 10.7. The largest absolute Gasteiger partial charge is 0.479 e. The van der Waals surface area contributed by atoms with Crippen molar-refractivity contribution in [2.75, 3.05) is 19.8 Å². The van der Waals surface area contributed by atoms with E-state index in [-0.39, 0.29) is 6.10 Å². The summed E-state index contributed by atoms with van der Waals surface area (Å²) in [7, 11) is 0. The average Bonchev–Trinajstić information content (AvgIpc) is 2.76. The van der Waals surface area contributed by atoms with Crippen LogP contribution in [0.1, 0.15) is 25.7 Å². The van der Waals surface area contributed by atoms with E-state index in [9.17, 15) is 4.79 Å². The summed E-state index contributed by atoms with van der Waals surface area (Å²) in [5, 5.41) is 12.2. The van der Waals surface area contributed by atoms with Gasteiger partial charge in [-0.1, -0.05) is 0 Å². The highest BCUT2D eigenvalue weighted by Gasteiger charge is 2.30. The van der Waals surface area contributed by atoms with E-state index in [0.717, 1.165) is 39.0 Å². The van der Waals surface area contributed by atoms with Gasteiger partial charge in [-0.05, 0) is 25.7 Å². The molecule has 5 heteroatoms. The Labute approximate surface area is 95.1 Å². The maximum atomic E-state index is 10.7. The third kappa shape index (κ3) is 3.17. The Bertz CT molecular complexity index is 240. The molecular formula is C11H19NO4. The Morgan fingerprint density at radius 2 is 2.25 bits per heavy atom. The molecule has 2 N–H and O–H groups in total. The van der Waals surface area contributed by atoms with E-state index in [1.165, 1.54) is 0 Å². The minimum atomic E-state index is -0.844. The van der Waals surface area contributed by atoms with Gasteiger partial charge in [0.2, 0.25) is 0 Å². The molecule has 0 aliphatic carbocycles. The monoisotopic (exact) mass is 229 g/mol. The van der Waals surface area contributed by atoms with Crippen molar-refractivity contribution in [3.05, 3.63) is 0 Å². The second kappa shape index (κ2) is 5.61. The topological polar surface area (TPSA) is 67.8 Å². The summed E-state index contributed by atoms with van der Waals surface area (Å²) in [5.74, 6) is -0.844. The zero-order chi connectivity index (χ0) is 11.4. The number of carbonyl (C=O) groups is 1. The van der Waals surface area contributed by atoms with Crippen molar-refractivity contribution >= 4 is 5.97 Å². The molecule has 0 aromatic heterocycles. The molecule has 0 saturated carbocycles. The molecule has 0 aromatic rings. The van der Waals surface area contributed by atoms with E-state index in [0.29, 0.717) is 12.5 Å². The first-order valence-electron chi connectivity index (χ1n) is 5.95. The molecule has 2 heterocycles. The number of ether oxygens (including phenoxy) is 2. The van der Waals surface area contributed by atoms with Crippen LogP contribution in [-0.4, -0.2) is 49.1 Å². The van der Waals surface area contributed by atoms with Gasteiger partial charge >= 0.3 is 5.97 Å². The van der Waals surface area contributed by atoms with Crippen LogP contribution in [0.15, 0.2) is 0 Å². The number of hydrogen-bond donors (Lipinski definition) is 2. The molecule has 2 saturated heterocycles. The minimum absolute atomic E-state index is 0.0445. The normalized spacial score (nSPS) is 35.1.